The molecule has 1 atom stereocenters. The van der Waals surface area contributed by atoms with Gasteiger partial charge in [-0.1, -0.05) is 22.0 Å². The Morgan fingerprint density at radius 1 is 1.53 bits per heavy atom. The van der Waals surface area contributed by atoms with Crippen LogP contribution in [0, 0.1) is 0 Å². The zero-order valence-electron chi connectivity index (χ0n) is 11.6. The molecule has 0 radical (unpaired) electrons. The lowest BCUT2D eigenvalue weighted by Gasteiger charge is -2.32. The van der Waals surface area contributed by atoms with E-state index in [0.717, 1.165) is 16.6 Å². The normalized spacial score (nSPS) is 19.7. The topological polar surface area (TPSA) is 50.9 Å². The maximum absolute atomic E-state index is 6.03. The van der Waals surface area contributed by atoms with Crippen LogP contribution in [-0.4, -0.2) is 31.3 Å². The number of halogens is 1. The van der Waals surface area contributed by atoms with Crippen LogP contribution in [0.3, 0.4) is 0 Å². The molecule has 2 N–H and O–H groups in total. The number of ether oxygens (including phenoxy) is 1. The van der Waals surface area contributed by atoms with Crippen molar-refractivity contribution in [3.8, 4) is 0 Å². The molecule has 1 aliphatic heterocycles. The average molecular weight is 326 g/mol. The second kappa shape index (κ2) is 5.51. The van der Waals surface area contributed by atoms with E-state index in [2.05, 4.69) is 45.7 Å². The number of nitrogens with zero attached hydrogens (tertiary/aromatic N) is 2. The Morgan fingerprint density at radius 3 is 2.89 bits per heavy atom. The van der Waals surface area contributed by atoms with E-state index in [0.29, 0.717) is 12.5 Å². The number of aliphatic imine (C=N–C) groups is 1. The Labute approximate surface area is 122 Å². The largest absolute Gasteiger partial charge is 0.379 e. The van der Waals surface area contributed by atoms with Crippen LogP contribution in [-0.2, 0) is 4.74 Å². The van der Waals surface area contributed by atoms with Crippen LogP contribution in [0.4, 0.5) is 5.69 Å². The summed E-state index contributed by atoms with van der Waals surface area (Å²) in [6.07, 6.45) is 0.875. The summed E-state index contributed by atoms with van der Waals surface area (Å²) < 4.78 is 6.55. The van der Waals surface area contributed by atoms with E-state index < -0.39 is 0 Å². The molecule has 1 aromatic rings. The minimum atomic E-state index is -0.185. The van der Waals surface area contributed by atoms with E-state index in [-0.39, 0.29) is 11.6 Å². The van der Waals surface area contributed by atoms with Gasteiger partial charge in [0.2, 0.25) is 0 Å². The summed E-state index contributed by atoms with van der Waals surface area (Å²) in [6, 6.07) is 8.35. The van der Waals surface area contributed by atoms with E-state index in [9.17, 15) is 0 Å². The van der Waals surface area contributed by atoms with Crippen molar-refractivity contribution in [1.29, 1.82) is 0 Å². The lowest BCUT2D eigenvalue weighted by atomic mass is 9.98. The number of anilines is 1. The quantitative estimate of drug-likeness (QED) is 0.926. The highest BCUT2D eigenvalue weighted by atomic mass is 79.9. The Morgan fingerprint density at radius 2 is 2.26 bits per heavy atom. The van der Waals surface area contributed by atoms with Crippen molar-refractivity contribution < 1.29 is 4.74 Å². The number of hydrogen-bond acceptors (Lipinski definition) is 4. The molecule has 0 bridgehead atoms. The fourth-order valence-electron chi connectivity index (χ4n) is 2.32. The first-order chi connectivity index (χ1) is 8.93. The predicted octanol–water partition coefficient (Wildman–Crippen LogP) is 2.77. The van der Waals surface area contributed by atoms with E-state index in [1.54, 1.807) is 7.11 Å². The summed E-state index contributed by atoms with van der Waals surface area (Å²) in [5.74, 6) is 0.579. The third-order valence-electron chi connectivity index (χ3n) is 3.44. The fourth-order valence-corrected chi connectivity index (χ4v) is 2.71. The van der Waals surface area contributed by atoms with E-state index >= 15 is 0 Å². The van der Waals surface area contributed by atoms with Crippen molar-refractivity contribution in [2.75, 3.05) is 18.6 Å². The van der Waals surface area contributed by atoms with Crippen LogP contribution in [0.1, 0.15) is 20.3 Å². The fraction of sp³-hybridized carbons (Fsp3) is 0.500. The number of benzene rings is 1. The molecule has 1 aromatic carbocycles. The Balaban J connectivity index is 2.23. The monoisotopic (exact) mass is 325 g/mol. The van der Waals surface area contributed by atoms with Gasteiger partial charge >= 0.3 is 0 Å². The second-order valence-corrected chi connectivity index (χ2v) is 6.29. The van der Waals surface area contributed by atoms with Gasteiger partial charge in [0.15, 0.2) is 5.96 Å². The van der Waals surface area contributed by atoms with Crippen molar-refractivity contribution in [1.82, 2.24) is 0 Å². The maximum atomic E-state index is 6.03. The van der Waals surface area contributed by atoms with Gasteiger partial charge in [0.05, 0.1) is 18.2 Å². The maximum Gasteiger partial charge on any atom is 0.196 e. The number of nitrogens with two attached hydrogens (primary N) is 1. The molecule has 0 saturated carbocycles. The Hall–Kier alpha value is -1.07. The smallest absolute Gasteiger partial charge is 0.196 e. The van der Waals surface area contributed by atoms with Gasteiger partial charge in [-0.3, -0.25) is 4.99 Å². The zero-order chi connectivity index (χ0) is 14.0. The van der Waals surface area contributed by atoms with Crippen LogP contribution in [0.2, 0.25) is 0 Å². The van der Waals surface area contributed by atoms with Gasteiger partial charge < -0.3 is 15.4 Å². The number of hydrogen-bond donors (Lipinski definition) is 1. The van der Waals surface area contributed by atoms with Gasteiger partial charge in [0.25, 0.3) is 0 Å². The van der Waals surface area contributed by atoms with Gasteiger partial charge in [-0.15, -0.1) is 0 Å². The van der Waals surface area contributed by atoms with Crippen molar-refractivity contribution in [3.05, 3.63) is 28.7 Å². The summed E-state index contributed by atoms with van der Waals surface area (Å²) in [6.45, 7) is 4.88. The molecule has 1 heterocycles. The van der Waals surface area contributed by atoms with E-state index in [1.807, 2.05) is 18.2 Å². The first-order valence-corrected chi connectivity index (χ1v) is 7.12. The Bertz CT molecular complexity index is 487. The highest BCUT2D eigenvalue weighted by Crippen LogP contribution is 2.28. The van der Waals surface area contributed by atoms with Gasteiger partial charge in [-0.25, -0.2) is 0 Å². The minimum absolute atomic E-state index is 0.185. The minimum Gasteiger partial charge on any atom is -0.379 e. The average Bonchev–Trinajstić information content (AvgIpc) is 2.70. The third-order valence-corrected chi connectivity index (χ3v) is 3.94. The van der Waals surface area contributed by atoms with E-state index in [4.69, 9.17) is 10.5 Å². The number of guanidine groups is 1. The molecule has 2 rings (SSSR count). The lowest BCUT2D eigenvalue weighted by molar-refractivity contribution is 0.0114. The first kappa shape index (κ1) is 14.3. The molecule has 0 saturated heterocycles. The van der Waals surface area contributed by atoms with Gasteiger partial charge in [0.1, 0.15) is 0 Å². The molecular formula is C14H20BrN3O. The van der Waals surface area contributed by atoms with Crippen molar-refractivity contribution in [3.63, 3.8) is 0 Å². The highest BCUT2D eigenvalue weighted by molar-refractivity contribution is 9.10. The summed E-state index contributed by atoms with van der Waals surface area (Å²) in [4.78, 5) is 6.46. The molecule has 5 heteroatoms. The van der Waals surface area contributed by atoms with Crippen molar-refractivity contribution in [2.24, 2.45) is 10.7 Å². The molecule has 4 nitrogen and oxygen atoms in total. The predicted molar refractivity (Wildman–Crippen MR) is 82.6 cm³/mol. The van der Waals surface area contributed by atoms with Gasteiger partial charge in [-0.2, -0.15) is 0 Å². The van der Waals surface area contributed by atoms with Crippen molar-refractivity contribution >= 4 is 27.6 Å². The third kappa shape index (κ3) is 3.28. The molecule has 104 valence electrons. The zero-order valence-corrected chi connectivity index (χ0v) is 13.1. The number of methoxy groups -OCH3 is 1. The van der Waals surface area contributed by atoms with Crippen LogP contribution in [0.5, 0.6) is 0 Å². The molecule has 0 aromatic heterocycles. The molecule has 0 fully saturated rings. The first-order valence-electron chi connectivity index (χ1n) is 6.33. The van der Waals surface area contributed by atoms with Crippen LogP contribution in [0.15, 0.2) is 33.7 Å². The van der Waals surface area contributed by atoms with Crippen molar-refractivity contribution in [2.45, 2.75) is 31.9 Å². The molecule has 19 heavy (non-hydrogen) atoms. The highest BCUT2D eigenvalue weighted by Gasteiger charge is 2.32. The number of rotatable bonds is 4. The summed E-state index contributed by atoms with van der Waals surface area (Å²) in [7, 11) is 1.74. The Kier molecular flexibility index (Phi) is 4.16. The van der Waals surface area contributed by atoms with Crippen LogP contribution >= 0.6 is 15.9 Å². The summed E-state index contributed by atoms with van der Waals surface area (Å²) in [5, 5.41) is 0. The summed E-state index contributed by atoms with van der Waals surface area (Å²) in [5.41, 5.74) is 6.91. The SMILES string of the molecule is COC(C)(C)CC1CN=C(N)N1c1cccc(Br)c1. The van der Waals surface area contributed by atoms with Crippen LogP contribution < -0.4 is 10.6 Å². The van der Waals surface area contributed by atoms with Crippen LogP contribution in [0.25, 0.3) is 0 Å². The molecule has 0 aliphatic carbocycles. The second-order valence-electron chi connectivity index (χ2n) is 5.37. The molecule has 0 spiro atoms. The lowest BCUT2D eigenvalue weighted by Crippen LogP contribution is -2.44. The molecule has 1 unspecified atom stereocenters. The molecule has 0 amide bonds. The van der Waals surface area contributed by atoms with Gasteiger partial charge in [-0.05, 0) is 38.5 Å². The summed E-state index contributed by atoms with van der Waals surface area (Å²) >= 11 is 3.49. The molecular weight excluding hydrogens is 306 g/mol. The molecule has 1 aliphatic rings. The van der Waals surface area contributed by atoms with E-state index in [1.165, 1.54) is 0 Å². The van der Waals surface area contributed by atoms with Gasteiger partial charge in [0, 0.05) is 17.3 Å². The standard InChI is InChI=1S/C14H20BrN3O/c1-14(2,19-3)8-12-9-17-13(16)18(12)11-6-4-5-10(15)7-11/h4-7,12H,8-9H2,1-3H3,(H2,16,17).